The van der Waals surface area contributed by atoms with Crippen molar-refractivity contribution in [3.05, 3.63) is 71.1 Å². The maximum absolute atomic E-state index is 3.51. The van der Waals surface area contributed by atoms with Gasteiger partial charge in [-0.15, -0.1) is 0 Å². The summed E-state index contributed by atoms with van der Waals surface area (Å²) in [6, 6.07) is 15.0. The van der Waals surface area contributed by atoms with Crippen molar-refractivity contribution in [1.29, 1.82) is 0 Å². The van der Waals surface area contributed by atoms with Gasteiger partial charge in [0.2, 0.25) is 0 Å². The molecule has 0 spiro atoms. The Morgan fingerprint density at radius 1 is 1.00 bits per heavy atom. The summed E-state index contributed by atoms with van der Waals surface area (Å²) in [5.74, 6) is 0. The van der Waals surface area contributed by atoms with Crippen molar-refractivity contribution in [2.45, 2.75) is 33.1 Å². The Kier molecular flexibility index (Phi) is 4.40. The molecule has 1 aromatic heterocycles. The second-order valence-corrected chi connectivity index (χ2v) is 4.99. The van der Waals surface area contributed by atoms with E-state index in [4.69, 9.17) is 0 Å². The number of hydrogen-bond acceptors (Lipinski definition) is 0. The molecule has 0 radical (unpaired) electrons. The van der Waals surface area contributed by atoms with Crippen LogP contribution >= 0.6 is 0 Å². The Balaban J connectivity index is 1.92. The van der Waals surface area contributed by atoms with E-state index in [0.29, 0.717) is 0 Å². The van der Waals surface area contributed by atoms with Crippen molar-refractivity contribution in [1.82, 2.24) is 4.98 Å². The highest BCUT2D eigenvalue weighted by Gasteiger charge is 1.99. The fraction of sp³-hybridized carbons (Fsp3) is 0.294. The first-order valence-corrected chi connectivity index (χ1v) is 6.58. The highest BCUT2D eigenvalue weighted by atomic mass is 14.7. The third kappa shape index (κ3) is 3.92. The van der Waals surface area contributed by atoms with Crippen LogP contribution in [0.15, 0.2) is 54.1 Å². The Labute approximate surface area is 110 Å². The van der Waals surface area contributed by atoms with Crippen molar-refractivity contribution in [3.8, 4) is 0 Å². The molecule has 2 aromatic rings. The molecule has 0 saturated heterocycles. The van der Waals surface area contributed by atoms with Crippen LogP contribution in [0.1, 0.15) is 37.2 Å². The number of aryl methyl sites for hydroxylation is 1. The molecule has 0 unspecified atom stereocenters. The van der Waals surface area contributed by atoms with Crippen LogP contribution in [0.2, 0.25) is 0 Å². The molecule has 1 aromatic carbocycles. The van der Waals surface area contributed by atoms with Crippen molar-refractivity contribution in [2.24, 2.45) is 0 Å². The van der Waals surface area contributed by atoms with Gasteiger partial charge in [0.05, 0.1) is 0 Å². The van der Waals surface area contributed by atoms with Gasteiger partial charge < -0.3 is 4.98 Å². The lowest BCUT2D eigenvalue weighted by Gasteiger charge is -1.99. The third-order valence-electron chi connectivity index (χ3n) is 3.01. The van der Waals surface area contributed by atoms with Gasteiger partial charge in [-0.2, -0.15) is 0 Å². The van der Waals surface area contributed by atoms with Gasteiger partial charge in [-0.1, -0.05) is 42.0 Å². The first-order chi connectivity index (χ1) is 8.74. The zero-order chi connectivity index (χ0) is 12.8. The summed E-state index contributed by atoms with van der Waals surface area (Å²) in [7, 11) is 0. The lowest BCUT2D eigenvalue weighted by Crippen LogP contribution is -1.89. The van der Waals surface area contributed by atoms with E-state index in [1.165, 1.54) is 22.5 Å². The summed E-state index contributed by atoms with van der Waals surface area (Å²) in [6.45, 7) is 4.30. The molecule has 1 heterocycles. The van der Waals surface area contributed by atoms with Gasteiger partial charge in [-0.25, -0.2) is 0 Å². The lowest BCUT2D eigenvalue weighted by atomic mass is 10.1. The predicted molar refractivity (Wildman–Crippen MR) is 77.8 cm³/mol. The number of rotatable bonds is 5. The molecule has 0 amide bonds. The molecule has 0 bridgehead atoms. The van der Waals surface area contributed by atoms with Gasteiger partial charge >= 0.3 is 0 Å². The van der Waals surface area contributed by atoms with Crippen LogP contribution in [-0.2, 0) is 12.8 Å². The molecule has 1 heteroatoms. The smallest absolute Gasteiger partial charge is 0.0193 e. The van der Waals surface area contributed by atoms with Gasteiger partial charge in [0, 0.05) is 17.8 Å². The minimum atomic E-state index is 0.990. The second kappa shape index (κ2) is 6.25. The molecule has 0 aliphatic rings. The maximum atomic E-state index is 3.51. The third-order valence-corrected chi connectivity index (χ3v) is 3.01. The maximum Gasteiger partial charge on any atom is 0.0193 e. The summed E-state index contributed by atoms with van der Waals surface area (Å²) < 4.78 is 0. The summed E-state index contributed by atoms with van der Waals surface area (Å²) in [4.78, 5) is 3.51. The number of nitrogens with one attached hydrogen (secondary N) is 1. The normalized spacial score (nSPS) is 10.3. The number of aromatic amines is 1. The van der Waals surface area contributed by atoms with Gasteiger partial charge in [-0.3, -0.25) is 0 Å². The van der Waals surface area contributed by atoms with Crippen LogP contribution in [-0.4, -0.2) is 4.98 Å². The largest absolute Gasteiger partial charge is 0.362 e. The first-order valence-electron chi connectivity index (χ1n) is 6.58. The highest BCUT2D eigenvalue weighted by Crippen LogP contribution is 2.11. The van der Waals surface area contributed by atoms with E-state index in [2.05, 4.69) is 67.4 Å². The molecule has 94 valence electrons. The molecule has 2 rings (SSSR count). The highest BCUT2D eigenvalue weighted by molar-refractivity contribution is 5.23. The molecule has 18 heavy (non-hydrogen) atoms. The SMILES string of the molecule is CC(C)=CCCc1ccc(Cc2ccccc2)[nH]1. The number of hydrogen-bond donors (Lipinski definition) is 1. The van der Waals surface area contributed by atoms with Crippen LogP contribution in [0.3, 0.4) is 0 Å². The molecule has 0 aliphatic heterocycles. The Morgan fingerprint density at radius 2 is 1.72 bits per heavy atom. The van der Waals surface area contributed by atoms with Crippen LogP contribution in [0.25, 0.3) is 0 Å². The molecule has 1 nitrogen and oxygen atoms in total. The minimum absolute atomic E-state index is 0.990. The van der Waals surface area contributed by atoms with E-state index in [-0.39, 0.29) is 0 Å². The summed E-state index contributed by atoms with van der Waals surface area (Å²) in [5, 5.41) is 0. The average Bonchev–Trinajstić information content (AvgIpc) is 2.78. The number of benzene rings is 1. The van der Waals surface area contributed by atoms with Crippen molar-refractivity contribution in [3.63, 3.8) is 0 Å². The summed E-state index contributed by atoms with van der Waals surface area (Å²) in [5.41, 5.74) is 5.38. The minimum Gasteiger partial charge on any atom is -0.362 e. The molecule has 0 aliphatic carbocycles. The predicted octanol–water partition coefficient (Wildman–Crippen LogP) is 4.50. The Hall–Kier alpha value is -1.76. The molecule has 1 N–H and O–H groups in total. The quantitative estimate of drug-likeness (QED) is 0.739. The molecular weight excluding hydrogens is 218 g/mol. The summed E-state index contributed by atoms with van der Waals surface area (Å²) >= 11 is 0. The van der Waals surface area contributed by atoms with Gasteiger partial charge in [0.1, 0.15) is 0 Å². The van der Waals surface area contributed by atoms with Gasteiger partial charge in [-0.05, 0) is 44.4 Å². The number of aromatic nitrogens is 1. The van der Waals surface area contributed by atoms with Crippen molar-refractivity contribution < 1.29 is 0 Å². The monoisotopic (exact) mass is 239 g/mol. The number of allylic oxidation sites excluding steroid dienone is 2. The standard InChI is InChI=1S/C17H21N/c1-14(2)7-6-10-16-11-12-17(18-16)13-15-8-4-3-5-9-15/h3-5,7-9,11-12,18H,6,10,13H2,1-2H3. The first kappa shape index (κ1) is 12.7. The fourth-order valence-corrected chi connectivity index (χ4v) is 2.07. The molecular formula is C17H21N. The average molecular weight is 239 g/mol. The summed E-state index contributed by atoms with van der Waals surface area (Å²) in [6.07, 6.45) is 5.49. The zero-order valence-electron chi connectivity index (χ0n) is 11.2. The van der Waals surface area contributed by atoms with Gasteiger partial charge in [0.15, 0.2) is 0 Å². The van der Waals surface area contributed by atoms with Crippen LogP contribution in [0.5, 0.6) is 0 Å². The Bertz CT molecular complexity index is 501. The van der Waals surface area contributed by atoms with E-state index in [1.54, 1.807) is 0 Å². The van der Waals surface area contributed by atoms with Crippen LogP contribution in [0, 0.1) is 0 Å². The lowest BCUT2D eigenvalue weighted by molar-refractivity contribution is 0.933. The van der Waals surface area contributed by atoms with E-state index in [9.17, 15) is 0 Å². The molecule has 0 saturated carbocycles. The fourth-order valence-electron chi connectivity index (χ4n) is 2.07. The number of H-pyrrole nitrogens is 1. The molecule has 0 fully saturated rings. The molecule has 0 atom stereocenters. The van der Waals surface area contributed by atoms with E-state index >= 15 is 0 Å². The van der Waals surface area contributed by atoms with Crippen LogP contribution < -0.4 is 0 Å². The van der Waals surface area contributed by atoms with Crippen molar-refractivity contribution >= 4 is 0 Å². The van der Waals surface area contributed by atoms with E-state index in [1.807, 2.05) is 0 Å². The van der Waals surface area contributed by atoms with Crippen LogP contribution in [0.4, 0.5) is 0 Å². The van der Waals surface area contributed by atoms with Crippen molar-refractivity contribution in [2.75, 3.05) is 0 Å². The zero-order valence-corrected chi connectivity index (χ0v) is 11.2. The Morgan fingerprint density at radius 3 is 2.44 bits per heavy atom. The topological polar surface area (TPSA) is 15.8 Å². The second-order valence-electron chi connectivity index (χ2n) is 4.99. The van der Waals surface area contributed by atoms with Gasteiger partial charge in [0.25, 0.3) is 0 Å². The van der Waals surface area contributed by atoms with E-state index < -0.39 is 0 Å². The van der Waals surface area contributed by atoms with E-state index in [0.717, 1.165) is 19.3 Å².